The summed E-state index contributed by atoms with van der Waals surface area (Å²) in [5.41, 5.74) is 6.37. The molecule has 1 heterocycles. The van der Waals surface area contributed by atoms with Crippen molar-refractivity contribution < 1.29 is 9.13 Å². The summed E-state index contributed by atoms with van der Waals surface area (Å²) in [5, 5.41) is 0. The van der Waals surface area contributed by atoms with Gasteiger partial charge in [-0.2, -0.15) is 0 Å². The van der Waals surface area contributed by atoms with Crippen molar-refractivity contribution in [1.29, 1.82) is 0 Å². The van der Waals surface area contributed by atoms with E-state index in [4.69, 9.17) is 10.5 Å². The number of hydrogen-bond donors (Lipinski definition) is 1. The Hall–Kier alpha value is -0.870. The first-order valence-corrected chi connectivity index (χ1v) is 5.52. The third kappa shape index (κ3) is 2.06. The van der Waals surface area contributed by atoms with Crippen LogP contribution in [0, 0.1) is 5.82 Å². The van der Waals surface area contributed by atoms with Crippen LogP contribution in [0.3, 0.4) is 0 Å². The number of hydrogen-bond acceptors (Lipinski definition) is 2. The molecule has 1 aromatic rings. The minimum atomic E-state index is -0.509. The molecule has 0 bridgehead atoms. The zero-order valence-corrected chi connectivity index (χ0v) is 9.63. The topological polar surface area (TPSA) is 35.2 Å². The van der Waals surface area contributed by atoms with Gasteiger partial charge in [0.2, 0.25) is 0 Å². The molecule has 1 aliphatic rings. The monoisotopic (exact) mass is 271 g/mol. The Morgan fingerprint density at radius 1 is 1.47 bits per heavy atom. The van der Waals surface area contributed by atoms with E-state index in [0.29, 0.717) is 22.4 Å². The van der Waals surface area contributed by atoms with Gasteiger partial charge in [0.05, 0.1) is 17.1 Å². The molecule has 0 fully saturated rings. The van der Waals surface area contributed by atoms with Gasteiger partial charge in [0, 0.05) is 12.0 Å². The van der Waals surface area contributed by atoms with Gasteiger partial charge in [0.25, 0.3) is 0 Å². The highest BCUT2D eigenvalue weighted by atomic mass is 79.9. The van der Waals surface area contributed by atoms with Gasteiger partial charge < -0.3 is 10.5 Å². The van der Waals surface area contributed by atoms with Crippen LogP contribution < -0.4 is 5.73 Å². The first-order chi connectivity index (χ1) is 7.20. The van der Waals surface area contributed by atoms with Crippen LogP contribution in [0.2, 0.25) is 0 Å². The highest BCUT2D eigenvalue weighted by molar-refractivity contribution is 9.10. The largest absolute Gasteiger partial charge is 0.496 e. The highest BCUT2D eigenvalue weighted by Gasteiger charge is 2.20. The van der Waals surface area contributed by atoms with Crippen LogP contribution >= 0.6 is 15.9 Å². The molecule has 80 valence electrons. The van der Waals surface area contributed by atoms with E-state index in [2.05, 4.69) is 15.9 Å². The summed E-state index contributed by atoms with van der Waals surface area (Å²) in [4.78, 5) is 0. The van der Waals surface area contributed by atoms with Gasteiger partial charge in [-0.05, 0) is 28.1 Å². The molecule has 0 amide bonds. The second kappa shape index (κ2) is 4.33. The third-order valence-corrected chi connectivity index (χ3v) is 2.97. The van der Waals surface area contributed by atoms with Crippen LogP contribution in [-0.2, 0) is 4.74 Å². The fourth-order valence-electron chi connectivity index (χ4n) is 1.57. The van der Waals surface area contributed by atoms with Crippen LogP contribution in [0.5, 0.6) is 0 Å². The molecular weight excluding hydrogens is 261 g/mol. The average molecular weight is 272 g/mol. The molecule has 0 aromatic heterocycles. The molecule has 4 heteroatoms. The van der Waals surface area contributed by atoms with Crippen LogP contribution in [0.25, 0.3) is 0 Å². The Balaban J connectivity index is 2.32. The quantitative estimate of drug-likeness (QED) is 0.898. The van der Waals surface area contributed by atoms with Crippen molar-refractivity contribution in [2.75, 3.05) is 6.61 Å². The standard InChI is InChI=1S/C11H11BrFNO/c12-8-4-1-3-7(10(8)13)11(14)9-5-2-6-15-9/h1,3-5,11H,2,6,14H2. The third-order valence-electron chi connectivity index (χ3n) is 2.36. The van der Waals surface area contributed by atoms with Gasteiger partial charge in [-0.25, -0.2) is 4.39 Å². The average Bonchev–Trinajstić information content (AvgIpc) is 2.74. The minimum absolute atomic E-state index is 0.318. The van der Waals surface area contributed by atoms with Crippen LogP contribution in [-0.4, -0.2) is 6.61 Å². The van der Waals surface area contributed by atoms with E-state index in [1.807, 2.05) is 6.08 Å². The SMILES string of the molecule is NC(C1=CCCO1)c1cccc(Br)c1F. The Morgan fingerprint density at radius 2 is 2.27 bits per heavy atom. The maximum atomic E-state index is 13.7. The van der Waals surface area contributed by atoms with E-state index in [0.717, 1.165) is 6.42 Å². The summed E-state index contributed by atoms with van der Waals surface area (Å²) >= 11 is 3.13. The van der Waals surface area contributed by atoms with E-state index in [1.54, 1.807) is 18.2 Å². The first-order valence-electron chi connectivity index (χ1n) is 4.72. The van der Waals surface area contributed by atoms with Crippen molar-refractivity contribution in [3.05, 3.63) is 45.9 Å². The smallest absolute Gasteiger partial charge is 0.142 e. The molecule has 0 saturated carbocycles. The van der Waals surface area contributed by atoms with Gasteiger partial charge in [-0.15, -0.1) is 0 Å². The molecule has 15 heavy (non-hydrogen) atoms. The van der Waals surface area contributed by atoms with E-state index < -0.39 is 6.04 Å². The lowest BCUT2D eigenvalue weighted by Gasteiger charge is -2.14. The van der Waals surface area contributed by atoms with Crippen molar-refractivity contribution in [3.8, 4) is 0 Å². The lowest BCUT2D eigenvalue weighted by Crippen LogP contribution is -2.15. The maximum absolute atomic E-state index is 13.7. The highest BCUT2D eigenvalue weighted by Crippen LogP contribution is 2.29. The fourth-order valence-corrected chi connectivity index (χ4v) is 1.95. The van der Waals surface area contributed by atoms with E-state index in [9.17, 15) is 4.39 Å². The molecule has 1 unspecified atom stereocenters. The van der Waals surface area contributed by atoms with Crippen molar-refractivity contribution in [3.63, 3.8) is 0 Å². The summed E-state index contributed by atoms with van der Waals surface area (Å²) < 4.78 is 19.4. The molecular formula is C11H11BrFNO. The van der Waals surface area contributed by atoms with Crippen LogP contribution in [0.4, 0.5) is 4.39 Å². The van der Waals surface area contributed by atoms with Crippen LogP contribution in [0.15, 0.2) is 34.5 Å². The van der Waals surface area contributed by atoms with Crippen molar-refractivity contribution in [1.82, 2.24) is 0 Å². The minimum Gasteiger partial charge on any atom is -0.496 e. The van der Waals surface area contributed by atoms with Gasteiger partial charge in [0.15, 0.2) is 0 Å². The summed E-state index contributed by atoms with van der Waals surface area (Å²) in [6, 6.07) is 4.57. The summed E-state index contributed by atoms with van der Waals surface area (Å²) in [6.45, 7) is 0.638. The summed E-state index contributed by atoms with van der Waals surface area (Å²) in [5.74, 6) is 0.341. The zero-order chi connectivity index (χ0) is 10.8. The normalized spacial score (nSPS) is 17.1. The number of rotatable bonds is 2. The molecule has 0 spiro atoms. The predicted octanol–water partition coefficient (Wildman–Crippen LogP) is 2.89. The van der Waals surface area contributed by atoms with Gasteiger partial charge in [-0.3, -0.25) is 0 Å². The summed E-state index contributed by atoms with van der Waals surface area (Å²) in [6.07, 6.45) is 2.75. The maximum Gasteiger partial charge on any atom is 0.142 e. The molecule has 0 saturated heterocycles. The molecule has 2 rings (SSSR count). The molecule has 2 nitrogen and oxygen atoms in total. The molecule has 1 atom stereocenters. The second-order valence-electron chi connectivity index (χ2n) is 3.36. The molecule has 1 aromatic carbocycles. The van der Waals surface area contributed by atoms with Crippen molar-refractivity contribution in [2.45, 2.75) is 12.5 Å². The zero-order valence-electron chi connectivity index (χ0n) is 8.04. The van der Waals surface area contributed by atoms with Crippen LogP contribution in [0.1, 0.15) is 18.0 Å². The Kier molecular flexibility index (Phi) is 3.07. The molecule has 0 radical (unpaired) electrons. The predicted molar refractivity (Wildman–Crippen MR) is 59.7 cm³/mol. The van der Waals surface area contributed by atoms with Crippen molar-refractivity contribution in [2.24, 2.45) is 5.73 Å². The molecule has 2 N–H and O–H groups in total. The Bertz CT molecular complexity index is 406. The van der Waals surface area contributed by atoms with Gasteiger partial charge in [0.1, 0.15) is 11.6 Å². The molecule has 1 aliphatic heterocycles. The Labute approximate surface area is 96.0 Å². The molecule has 0 aliphatic carbocycles. The fraction of sp³-hybridized carbons (Fsp3) is 0.273. The van der Waals surface area contributed by atoms with Gasteiger partial charge in [-0.1, -0.05) is 12.1 Å². The first kappa shape index (κ1) is 10.6. The van der Waals surface area contributed by atoms with E-state index >= 15 is 0 Å². The lowest BCUT2D eigenvalue weighted by molar-refractivity contribution is 0.224. The Morgan fingerprint density at radius 3 is 2.93 bits per heavy atom. The summed E-state index contributed by atoms with van der Waals surface area (Å²) in [7, 11) is 0. The number of nitrogens with two attached hydrogens (primary N) is 1. The van der Waals surface area contributed by atoms with E-state index in [1.165, 1.54) is 0 Å². The number of ether oxygens (including phenoxy) is 1. The number of halogens is 2. The lowest BCUT2D eigenvalue weighted by atomic mass is 10.1. The van der Waals surface area contributed by atoms with Gasteiger partial charge >= 0.3 is 0 Å². The van der Waals surface area contributed by atoms with Crippen molar-refractivity contribution >= 4 is 15.9 Å². The second-order valence-corrected chi connectivity index (χ2v) is 4.22. The van der Waals surface area contributed by atoms with E-state index in [-0.39, 0.29) is 5.82 Å². The number of benzene rings is 1.